The van der Waals surface area contributed by atoms with Gasteiger partial charge in [0.1, 0.15) is 12.7 Å². The number of hydrogen-bond acceptors (Lipinski definition) is 7. The molecule has 3 N–H and O–H groups in total. The molecule has 0 heterocycles. The summed E-state index contributed by atoms with van der Waals surface area (Å²) in [4.78, 5) is 33.7. The van der Waals surface area contributed by atoms with E-state index in [2.05, 4.69) is 55.6 Å². The lowest BCUT2D eigenvalue weighted by Gasteiger charge is -2.15. The van der Waals surface area contributed by atoms with Crippen LogP contribution in [0.1, 0.15) is 155 Å². The highest BCUT2D eigenvalue weighted by Gasteiger charge is 2.23. The zero-order valence-corrected chi connectivity index (χ0v) is 30.6. The maximum atomic E-state index is 12.0. The lowest BCUT2D eigenvalue weighted by atomic mass is 10.1. The van der Waals surface area contributed by atoms with Crippen molar-refractivity contribution in [2.45, 2.75) is 161 Å². The van der Waals surface area contributed by atoms with E-state index in [1.54, 1.807) is 0 Å². The molecule has 2 unspecified atom stereocenters. The number of carbonyl (C=O) groups is 2. The van der Waals surface area contributed by atoms with Crippen molar-refractivity contribution < 1.29 is 37.9 Å². The number of amides is 1. The second kappa shape index (κ2) is 34.1. The zero-order chi connectivity index (χ0) is 34.7. The maximum Gasteiger partial charge on any atom is 0.472 e. The Balaban J connectivity index is 3.67. The Morgan fingerprint density at radius 3 is 1.79 bits per heavy atom. The normalized spacial score (nSPS) is 13.9. The lowest BCUT2D eigenvalue weighted by molar-refractivity contribution is -0.147. The third-order valence-corrected chi connectivity index (χ3v) is 8.53. The van der Waals surface area contributed by atoms with Crippen LogP contribution in [0, 0.1) is 0 Å². The molecular weight excluding hydrogens is 617 g/mol. The topological polar surface area (TPSA) is 131 Å². The third kappa shape index (κ3) is 35.4. The van der Waals surface area contributed by atoms with Crippen molar-refractivity contribution in [1.29, 1.82) is 0 Å². The van der Waals surface area contributed by atoms with E-state index in [-0.39, 0.29) is 32.1 Å². The van der Waals surface area contributed by atoms with Crippen LogP contribution in [-0.2, 0) is 27.9 Å². The van der Waals surface area contributed by atoms with Crippen molar-refractivity contribution >= 4 is 19.7 Å². The molecule has 0 radical (unpaired) electrons. The number of allylic oxidation sites excluding steroid dienone is 6. The van der Waals surface area contributed by atoms with Crippen LogP contribution in [0.4, 0.5) is 0 Å². The second-order valence-electron chi connectivity index (χ2n) is 12.2. The zero-order valence-electron chi connectivity index (χ0n) is 29.7. The van der Waals surface area contributed by atoms with Gasteiger partial charge in [0.05, 0.1) is 13.2 Å². The summed E-state index contributed by atoms with van der Waals surface area (Å²) in [7, 11) is -4.41. The number of aliphatic hydroxyl groups excluding tert-OH is 1. The van der Waals surface area contributed by atoms with Gasteiger partial charge in [-0.15, -0.1) is 0 Å². The summed E-state index contributed by atoms with van der Waals surface area (Å²) in [5.74, 6) is -0.543. The highest BCUT2D eigenvalue weighted by molar-refractivity contribution is 7.47. The molecule has 274 valence electrons. The van der Waals surface area contributed by atoms with Gasteiger partial charge in [-0.2, -0.15) is 0 Å². The molecular formula is C37H68NO8P. The molecule has 0 fully saturated rings. The van der Waals surface area contributed by atoms with E-state index in [1.165, 1.54) is 44.9 Å². The third-order valence-electron chi connectivity index (χ3n) is 7.54. The van der Waals surface area contributed by atoms with Crippen LogP contribution < -0.4 is 5.32 Å². The molecule has 0 aliphatic rings. The van der Waals surface area contributed by atoms with Gasteiger partial charge in [0.25, 0.3) is 0 Å². The molecule has 0 aromatic rings. The molecule has 0 aliphatic carbocycles. The number of ether oxygens (including phenoxy) is 1. The van der Waals surface area contributed by atoms with Gasteiger partial charge in [0.2, 0.25) is 5.91 Å². The van der Waals surface area contributed by atoms with Crippen molar-refractivity contribution in [2.75, 3.05) is 26.4 Å². The van der Waals surface area contributed by atoms with Gasteiger partial charge in [-0.05, 0) is 64.2 Å². The molecule has 47 heavy (non-hydrogen) atoms. The van der Waals surface area contributed by atoms with E-state index in [4.69, 9.17) is 13.8 Å². The fraction of sp³-hybridized carbons (Fsp3) is 0.784. The number of aliphatic hydroxyl groups is 1. The van der Waals surface area contributed by atoms with Crippen molar-refractivity contribution in [1.82, 2.24) is 5.32 Å². The first-order chi connectivity index (χ1) is 22.8. The molecule has 1 amide bonds. The Labute approximate surface area is 286 Å². The fourth-order valence-electron chi connectivity index (χ4n) is 4.68. The standard InChI is InChI=1S/C37H68NO8P/c1-3-5-7-9-11-13-15-17-18-19-21-23-25-27-29-36(40)38-31-32-45-47(42,43)46-34-35(39)33-44-37(41)30-28-26-24-22-20-16-14-12-10-8-6-4-2/h9,11-12,14-15,17,35,39H,3-8,10,13,16,18-34H2,1-2H3,(H,38,40)(H,42,43)/b11-9-,14-12-,17-15-. The number of hydrogen-bond donors (Lipinski definition) is 3. The molecule has 0 aromatic carbocycles. The van der Waals surface area contributed by atoms with Crippen LogP contribution in [-0.4, -0.2) is 54.3 Å². The monoisotopic (exact) mass is 685 g/mol. The maximum absolute atomic E-state index is 12.0. The summed E-state index contributed by atoms with van der Waals surface area (Å²) in [5.41, 5.74) is 0. The van der Waals surface area contributed by atoms with Gasteiger partial charge < -0.3 is 20.1 Å². The van der Waals surface area contributed by atoms with Crippen molar-refractivity contribution in [3.8, 4) is 0 Å². The van der Waals surface area contributed by atoms with Crippen LogP contribution in [0.3, 0.4) is 0 Å². The number of esters is 1. The Bertz CT molecular complexity index is 876. The van der Waals surface area contributed by atoms with E-state index in [0.717, 1.165) is 83.5 Å². The SMILES string of the molecule is CCCC/C=C\C/C=C\CCCCCCCC(=O)NCCOP(=O)(O)OCC(O)COC(=O)CCCCCCC/C=C\CCCCC. The van der Waals surface area contributed by atoms with E-state index < -0.39 is 26.5 Å². The quantitative estimate of drug-likeness (QED) is 0.0264. The van der Waals surface area contributed by atoms with Crippen LogP contribution in [0.5, 0.6) is 0 Å². The summed E-state index contributed by atoms with van der Waals surface area (Å²) >= 11 is 0. The number of phosphoric ester groups is 1. The number of carbonyl (C=O) groups excluding carboxylic acids is 2. The number of unbranched alkanes of at least 4 members (excludes halogenated alkanes) is 15. The number of nitrogens with one attached hydrogen (secondary N) is 1. The Kier molecular flexibility index (Phi) is 32.8. The average Bonchev–Trinajstić information content (AvgIpc) is 3.05. The molecule has 0 spiro atoms. The molecule has 0 aromatic heterocycles. The second-order valence-corrected chi connectivity index (χ2v) is 13.6. The number of phosphoric acid groups is 1. The minimum Gasteiger partial charge on any atom is -0.463 e. The molecule has 0 saturated heterocycles. The first-order valence-electron chi connectivity index (χ1n) is 18.5. The largest absolute Gasteiger partial charge is 0.472 e. The Morgan fingerprint density at radius 2 is 1.17 bits per heavy atom. The van der Waals surface area contributed by atoms with Crippen LogP contribution in [0.15, 0.2) is 36.5 Å². The van der Waals surface area contributed by atoms with E-state index in [9.17, 15) is 24.2 Å². The molecule has 0 bridgehead atoms. The summed E-state index contributed by atoms with van der Waals surface area (Å²) in [5, 5.41) is 12.6. The van der Waals surface area contributed by atoms with E-state index in [1.807, 2.05) is 0 Å². The smallest absolute Gasteiger partial charge is 0.463 e. The fourth-order valence-corrected chi connectivity index (χ4v) is 5.44. The molecule has 0 saturated carbocycles. The molecule has 10 heteroatoms. The first-order valence-corrected chi connectivity index (χ1v) is 20.0. The Hall–Kier alpha value is -1.77. The summed E-state index contributed by atoms with van der Waals surface area (Å²) in [6.45, 7) is 3.44. The van der Waals surface area contributed by atoms with E-state index >= 15 is 0 Å². The predicted octanol–water partition coefficient (Wildman–Crippen LogP) is 9.43. The summed E-state index contributed by atoms with van der Waals surface area (Å²) in [6, 6.07) is 0. The van der Waals surface area contributed by atoms with Gasteiger partial charge in [0, 0.05) is 19.4 Å². The van der Waals surface area contributed by atoms with Gasteiger partial charge in [-0.3, -0.25) is 18.6 Å². The summed E-state index contributed by atoms with van der Waals surface area (Å²) < 4.78 is 26.7. The van der Waals surface area contributed by atoms with Crippen molar-refractivity contribution in [2.24, 2.45) is 0 Å². The van der Waals surface area contributed by atoms with Gasteiger partial charge in [-0.25, -0.2) is 4.57 Å². The minimum atomic E-state index is -4.41. The highest BCUT2D eigenvalue weighted by Crippen LogP contribution is 2.42. The van der Waals surface area contributed by atoms with Gasteiger partial charge >= 0.3 is 13.8 Å². The molecule has 0 aliphatic heterocycles. The highest BCUT2D eigenvalue weighted by atomic mass is 31.2. The average molecular weight is 686 g/mol. The van der Waals surface area contributed by atoms with Crippen molar-refractivity contribution in [3.63, 3.8) is 0 Å². The van der Waals surface area contributed by atoms with Gasteiger partial charge in [-0.1, -0.05) is 115 Å². The summed E-state index contributed by atoms with van der Waals surface area (Å²) in [6.07, 6.45) is 35.0. The predicted molar refractivity (Wildman–Crippen MR) is 192 cm³/mol. The Morgan fingerprint density at radius 1 is 0.660 bits per heavy atom. The van der Waals surface area contributed by atoms with E-state index in [0.29, 0.717) is 6.42 Å². The van der Waals surface area contributed by atoms with Gasteiger partial charge in [0.15, 0.2) is 0 Å². The van der Waals surface area contributed by atoms with Crippen molar-refractivity contribution in [3.05, 3.63) is 36.5 Å². The molecule has 0 rings (SSSR count). The molecule has 2 atom stereocenters. The van der Waals surface area contributed by atoms with Crippen LogP contribution in [0.2, 0.25) is 0 Å². The first kappa shape index (κ1) is 45.2. The van der Waals surface area contributed by atoms with Crippen LogP contribution >= 0.6 is 7.82 Å². The minimum absolute atomic E-state index is 0.0726. The number of rotatable bonds is 34. The van der Waals surface area contributed by atoms with Crippen LogP contribution in [0.25, 0.3) is 0 Å². The molecule has 9 nitrogen and oxygen atoms in total. The lowest BCUT2D eigenvalue weighted by Crippen LogP contribution is -2.27.